The fourth-order valence-electron chi connectivity index (χ4n) is 1.26. The van der Waals surface area contributed by atoms with Crippen molar-refractivity contribution >= 4 is 27.3 Å². The Morgan fingerprint density at radius 3 is 2.69 bits per heavy atom. The Morgan fingerprint density at radius 2 is 2.12 bits per heavy atom. The Bertz CT molecular complexity index is 621. The van der Waals surface area contributed by atoms with Gasteiger partial charge in [-0.1, -0.05) is 17.7 Å². The van der Waals surface area contributed by atoms with Gasteiger partial charge in [-0.25, -0.2) is 8.42 Å². The molecule has 3 N–H and O–H groups in total. The molecule has 1 heterocycles. The van der Waals surface area contributed by atoms with Crippen molar-refractivity contribution in [2.75, 3.05) is 5.73 Å². The molecule has 84 valence electrons. The number of rotatable bonds is 2. The van der Waals surface area contributed by atoms with Gasteiger partial charge in [0, 0.05) is 5.02 Å². The lowest BCUT2D eigenvalue weighted by Crippen LogP contribution is -2.03. The average Bonchev–Trinajstić information content (AvgIpc) is 2.65. The van der Waals surface area contributed by atoms with Crippen LogP contribution in [0.1, 0.15) is 0 Å². The van der Waals surface area contributed by atoms with E-state index in [0.717, 1.165) is 0 Å². The lowest BCUT2D eigenvalue weighted by Gasteiger charge is -2.02. The number of H-pyrrole nitrogens is 1. The highest BCUT2D eigenvalue weighted by Gasteiger charge is 2.22. The quantitative estimate of drug-likeness (QED) is 0.853. The summed E-state index contributed by atoms with van der Waals surface area (Å²) in [5.41, 5.74) is 5.47. The van der Waals surface area contributed by atoms with Crippen molar-refractivity contribution in [1.29, 1.82) is 0 Å². The normalized spacial score (nSPS) is 11.6. The molecule has 0 bridgehead atoms. The van der Waals surface area contributed by atoms with Crippen LogP contribution < -0.4 is 5.73 Å². The number of aromatic nitrogens is 2. The van der Waals surface area contributed by atoms with E-state index in [4.69, 9.17) is 17.3 Å². The molecule has 0 aliphatic carbocycles. The first-order chi connectivity index (χ1) is 7.51. The second-order valence-electron chi connectivity index (χ2n) is 3.11. The molecule has 2 aromatic rings. The van der Waals surface area contributed by atoms with E-state index < -0.39 is 9.84 Å². The summed E-state index contributed by atoms with van der Waals surface area (Å²) in [6.07, 6.45) is 1.17. The minimum Gasteiger partial charge on any atom is -0.383 e. The zero-order valence-corrected chi connectivity index (χ0v) is 9.59. The molecular formula is C9H8ClN3O2S. The number of aromatic amines is 1. The lowest BCUT2D eigenvalue weighted by molar-refractivity contribution is 0.596. The monoisotopic (exact) mass is 257 g/mol. The standard InChI is InChI=1S/C9H8ClN3O2S/c10-6-2-1-3-7(4-6)16(14,15)8-5-12-13-9(8)11/h1-5H,(H3,11,12,13). The third kappa shape index (κ3) is 1.77. The first kappa shape index (κ1) is 11.0. The van der Waals surface area contributed by atoms with E-state index in [1.165, 1.54) is 18.3 Å². The number of nitrogen functional groups attached to an aromatic ring is 1. The summed E-state index contributed by atoms with van der Waals surface area (Å²) in [7, 11) is -3.65. The van der Waals surface area contributed by atoms with E-state index >= 15 is 0 Å². The maximum absolute atomic E-state index is 12.1. The molecule has 0 aliphatic heterocycles. The summed E-state index contributed by atoms with van der Waals surface area (Å²) >= 11 is 5.73. The molecular weight excluding hydrogens is 250 g/mol. The van der Waals surface area contributed by atoms with Crippen molar-refractivity contribution in [3.63, 3.8) is 0 Å². The fourth-order valence-corrected chi connectivity index (χ4v) is 2.84. The third-order valence-electron chi connectivity index (χ3n) is 2.03. The van der Waals surface area contributed by atoms with Crippen molar-refractivity contribution in [2.24, 2.45) is 0 Å². The van der Waals surface area contributed by atoms with Crippen LogP contribution in [0.3, 0.4) is 0 Å². The summed E-state index contributed by atoms with van der Waals surface area (Å²) in [5, 5.41) is 6.30. The van der Waals surface area contributed by atoms with Gasteiger partial charge in [-0.2, -0.15) is 5.10 Å². The van der Waals surface area contributed by atoms with Gasteiger partial charge in [-0.15, -0.1) is 0 Å². The Labute approximate surface area is 97.2 Å². The van der Waals surface area contributed by atoms with Crippen LogP contribution in [0.4, 0.5) is 5.82 Å². The average molecular weight is 258 g/mol. The summed E-state index contributed by atoms with van der Waals surface area (Å²) in [5.74, 6) is 0.0139. The van der Waals surface area contributed by atoms with E-state index in [-0.39, 0.29) is 15.6 Å². The van der Waals surface area contributed by atoms with Crippen LogP contribution in [-0.4, -0.2) is 18.6 Å². The number of sulfone groups is 1. The molecule has 0 aliphatic rings. The van der Waals surface area contributed by atoms with E-state index in [2.05, 4.69) is 10.2 Å². The number of halogens is 1. The molecule has 0 radical (unpaired) electrons. The summed E-state index contributed by atoms with van der Waals surface area (Å²) in [4.78, 5) is 0.0443. The van der Waals surface area contributed by atoms with E-state index in [9.17, 15) is 8.42 Å². The maximum atomic E-state index is 12.1. The molecule has 0 amide bonds. The molecule has 5 nitrogen and oxygen atoms in total. The predicted octanol–water partition coefficient (Wildman–Crippen LogP) is 1.48. The van der Waals surface area contributed by atoms with Gasteiger partial charge in [0.05, 0.1) is 11.1 Å². The molecule has 0 saturated carbocycles. The van der Waals surface area contributed by atoms with Crippen molar-refractivity contribution in [3.05, 3.63) is 35.5 Å². The molecule has 7 heteroatoms. The van der Waals surface area contributed by atoms with Gasteiger partial charge >= 0.3 is 0 Å². The highest BCUT2D eigenvalue weighted by molar-refractivity contribution is 7.91. The fraction of sp³-hybridized carbons (Fsp3) is 0. The van der Waals surface area contributed by atoms with E-state index in [1.807, 2.05) is 0 Å². The third-order valence-corrected chi connectivity index (χ3v) is 4.04. The van der Waals surface area contributed by atoms with Crippen molar-refractivity contribution in [1.82, 2.24) is 10.2 Å². The summed E-state index contributed by atoms with van der Waals surface area (Å²) in [6.45, 7) is 0. The summed E-state index contributed by atoms with van der Waals surface area (Å²) < 4.78 is 24.1. The van der Waals surface area contributed by atoms with Crippen LogP contribution in [-0.2, 0) is 9.84 Å². The minimum absolute atomic E-state index is 0.0139. The topological polar surface area (TPSA) is 88.8 Å². The lowest BCUT2D eigenvalue weighted by atomic mass is 10.4. The van der Waals surface area contributed by atoms with Crippen molar-refractivity contribution in [3.8, 4) is 0 Å². The van der Waals surface area contributed by atoms with Gasteiger partial charge in [0.2, 0.25) is 9.84 Å². The molecule has 0 unspecified atom stereocenters. The van der Waals surface area contributed by atoms with E-state index in [1.54, 1.807) is 12.1 Å². The Kier molecular flexibility index (Phi) is 2.61. The first-order valence-corrected chi connectivity index (χ1v) is 6.17. The zero-order valence-electron chi connectivity index (χ0n) is 8.01. The van der Waals surface area contributed by atoms with Crippen molar-refractivity contribution in [2.45, 2.75) is 9.79 Å². The Balaban J connectivity index is 2.61. The second kappa shape index (κ2) is 3.80. The highest BCUT2D eigenvalue weighted by atomic mass is 35.5. The Hall–Kier alpha value is -1.53. The number of anilines is 1. The van der Waals surface area contributed by atoms with Crippen LogP contribution in [0.25, 0.3) is 0 Å². The number of nitrogens with one attached hydrogen (secondary N) is 1. The number of nitrogens with two attached hydrogens (primary N) is 1. The van der Waals surface area contributed by atoms with Crippen LogP contribution in [0.15, 0.2) is 40.3 Å². The van der Waals surface area contributed by atoms with E-state index in [0.29, 0.717) is 5.02 Å². The number of hydrogen-bond donors (Lipinski definition) is 2. The van der Waals surface area contributed by atoms with Gasteiger partial charge in [0.1, 0.15) is 10.7 Å². The maximum Gasteiger partial charge on any atom is 0.211 e. The molecule has 2 rings (SSSR count). The van der Waals surface area contributed by atoms with Gasteiger partial charge in [-0.3, -0.25) is 5.10 Å². The van der Waals surface area contributed by atoms with Crippen LogP contribution in [0.2, 0.25) is 5.02 Å². The smallest absolute Gasteiger partial charge is 0.211 e. The van der Waals surface area contributed by atoms with Gasteiger partial charge in [0.25, 0.3) is 0 Å². The van der Waals surface area contributed by atoms with Gasteiger partial charge in [-0.05, 0) is 18.2 Å². The highest BCUT2D eigenvalue weighted by Crippen LogP contribution is 2.25. The molecule has 1 aromatic heterocycles. The molecule has 0 saturated heterocycles. The van der Waals surface area contributed by atoms with Crippen LogP contribution in [0.5, 0.6) is 0 Å². The number of nitrogens with zero attached hydrogens (tertiary/aromatic N) is 1. The van der Waals surface area contributed by atoms with Gasteiger partial charge < -0.3 is 5.73 Å². The number of benzene rings is 1. The second-order valence-corrected chi connectivity index (χ2v) is 5.46. The zero-order chi connectivity index (χ0) is 11.8. The largest absolute Gasteiger partial charge is 0.383 e. The van der Waals surface area contributed by atoms with Crippen LogP contribution in [0, 0.1) is 0 Å². The minimum atomic E-state index is -3.65. The first-order valence-electron chi connectivity index (χ1n) is 4.31. The molecule has 16 heavy (non-hydrogen) atoms. The summed E-state index contributed by atoms with van der Waals surface area (Å²) in [6, 6.07) is 5.97. The molecule has 1 aromatic carbocycles. The van der Waals surface area contributed by atoms with Crippen LogP contribution >= 0.6 is 11.6 Å². The van der Waals surface area contributed by atoms with Crippen molar-refractivity contribution < 1.29 is 8.42 Å². The predicted molar refractivity (Wildman–Crippen MR) is 59.9 cm³/mol. The molecule has 0 atom stereocenters. The SMILES string of the molecule is Nc1[nH]ncc1S(=O)(=O)c1cccc(Cl)c1. The number of hydrogen-bond acceptors (Lipinski definition) is 4. The molecule has 0 spiro atoms. The molecule has 0 fully saturated rings. The van der Waals surface area contributed by atoms with Gasteiger partial charge in [0.15, 0.2) is 0 Å². The Morgan fingerprint density at radius 1 is 1.38 bits per heavy atom.